The summed E-state index contributed by atoms with van der Waals surface area (Å²) in [5.41, 5.74) is 4.15. The smallest absolute Gasteiger partial charge is 0.0493 e. The van der Waals surface area contributed by atoms with Crippen LogP contribution in [0.3, 0.4) is 0 Å². The Balaban J connectivity index is 1.78. The molecule has 0 bridgehead atoms. The second-order valence-corrected chi connectivity index (χ2v) is 7.00. The van der Waals surface area contributed by atoms with E-state index in [9.17, 15) is 0 Å². The standard InChI is InChI=1S/C24H25N/c1-3-19(20-11-5-4-6-12-20)17-18(2)25-23-15-9-7-13-21(23)22-14-8-10-16-24(22)25/h4-16,18-19H,3,17H2,1-2H3. The van der Waals surface area contributed by atoms with Gasteiger partial charge in [-0.1, -0.05) is 73.7 Å². The van der Waals surface area contributed by atoms with E-state index < -0.39 is 0 Å². The Labute approximate surface area is 149 Å². The van der Waals surface area contributed by atoms with E-state index in [1.807, 2.05) is 0 Å². The number of nitrogens with zero attached hydrogens (tertiary/aromatic N) is 1. The first-order valence-corrected chi connectivity index (χ1v) is 9.32. The van der Waals surface area contributed by atoms with Gasteiger partial charge < -0.3 is 4.57 Å². The van der Waals surface area contributed by atoms with Crippen molar-refractivity contribution in [3.8, 4) is 0 Å². The molecule has 0 aliphatic rings. The van der Waals surface area contributed by atoms with Gasteiger partial charge in [0.05, 0.1) is 0 Å². The summed E-state index contributed by atoms with van der Waals surface area (Å²) in [5.74, 6) is 0.594. The molecule has 0 aliphatic carbocycles. The number of hydrogen-bond acceptors (Lipinski definition) is 0. The molecular formula is C24H25N. The Morgan fingerprint density at radius 3 is 1.80 bits per heavy atom. The van der Waals surface area contributed by atoms with Gasteiger partial charge in [-0.2, -0.15) is 0 Å². The Morgan fingerprint density at radius 1 is 0.720 bits per heavy atom. The van der Waals surface area contributed by atoms with E-state index in [-0.39, 0.29) is 0 Å². The van der Waals surface area contributed by atoms with Gasteiger partial charge in [-0.25, -0.2) is 0 Å². The van der Waals surface area contributed by atoms with Crippen molar-refractivity contribution in [2.75, 3.05) is 0 Å². The number of fused-ring (bicyclic) bond motifs is 3. The van der Waals surface area contributed by atoms with E-state index in [1.165, 1.54) is 33.8 Å². The number of para-hydroxylation sites is 2. The third-order valence-electron chi connectivity index (χ3n) is 5.45. The van der Waals surface area contributed by atoms with Crippen molar-refractivity contribution < 1.29 is 0 Å². The minimum Gasteiger partial charge on any atom is -0.338 e. The quantitative estimate of drug-likeness (QED) is 0.374. The van der Waals surface area contributed by atoms with Gasteiger partial charge in [0.1, 0.15) is 0 Å². The Bertz CT molecular complexity index is 928. The van der Waals surface area contributed by atoms with Crippen LogP contribution in [0.2, 0.25) is 0 Å². The summed E-state index contributed by atoms with van der Waals surface area (Å²) in [6.45, 7) is 4.67. The highest BCUT2D eigenvalue weighted by molar-refractivity contribution is 6.08. The van der Waals surface area contributed by atoms with Crippen LogP contribution in [-0.4, -0.2) is 4.57 Å². The Kier molecular flexibility index (Phi) is 4.31. The molecule has 0 radical (unpaired) electrons. The summed E-state index contributed by atoms with van der Waals surface area (Å²) in [5, 5.41) is 2.72. The number of benzene rings is 3. The molecule has 1 heteroatoms. The number of aromatic nitrogens is 1. The van der Waals surface area contributed by atoms with Crippen LogP contribution < -0.4 is 0 Å². The maximum Gasteiger partial charge on any atom is 0.0493 e. The minimum atomic E-state index is 0.454. The third kappa shape index (κ3) is 2.84. The summed E-state index contributed by atoms with van der Waals surface area (Å²) >= 11 is 0. The van der Waals surface area contributed by atoms with Crippen molar-refractivity contribution in [1.82, 2.24) is 4.57 Å². The molecule has 25 heavy (non-hydrogen) atoms. The van der Waals surface area contributed by atoms with Crippen LogP contribution in [0.4, 0.5) is 0 Å². The van der Waals surface area contributed by atoms with E-state index >= 15 is 0 Å². The summed E-state index contributed by atoms with van der Waals surface area (Å²) in [7, 11) is 0. The lowest BCUT2D eigenvalue weighted by Gasteiger charge is -2.23. The van der Waals surface area contributed by atoms with Crippen LogP contribution in [-0.2, 0) is 0 Å². The van der Waals surface area contributed by atoms with Gasteiger partial charge in [0.2, 0.25) is 0 Å². The van der Waals surface area contributed by atoms with E-state index in [2.05, 4.69) is 97.3 Å². The lowest BCUT2D eigenvalue weighted by molar-refractivity contribution is 0.462. The number of rotatable bonds is 5. The fraction of sp³-hybridized carbons (Fsp3) is 0.250. The van der Waals surface area contributed by atoms with Crippen molar-refractivity contribution in [3.63, 3.8) is 0 Å². The Morgan fingerprint density at radius 2 is 1.24 bits per heavy atom. The average molecular weight is 327 g/mol. The van der Waals surface area contributed by atoms with Gasteiger partial charge in [0.25, 0.3) is 0 Å². The molecule has 0 spiro atoms. The van der Waals surface area contributed by atoms with Crippen molar-refractivity contribution in [2.24, 2.45) is 0 Å². The van der Waals surface area contributed by atoms with Gasteiger partial charge in [0.15, 0.2) is 0 Å². The first kappa shape index (κ1) is 16.0. The van der Waals surface area contributed by atoms with E-state index in [4.69, 9.17) is 0 Å². The van der Waals surface area contributed by atoms with Gasteiger partial charge in [-0.3, -0.25) is 0 Å². The van der Waals surface area contributed by atoms with Gasteiger partial charge in [0, 0.05) is 27.8 Å². The number of hydrogen-bond donors (Lipinski definition) is 0. The van der Waals surface area contributed by atoms with E-state index in [0.29, 0.717) is 12.0 Å². The zero-order valence-corrected chi connectivity index (χ0v) is 15.0. The summed E-state index contributed by atoms with van der Waals surface area (Å²) < 4.78 is 2.54. The highest BCUT2D eigenvalue weighted by atomic mass is 15.0. The molecule has 0 N–H and O–H groups in total. The lowest BCUT2D eigenvalue weighted by Crippen LogP contribution is -2.10. The summed E-state index contributed by atoms with van der Waals surface area (Å²) in [4.78, 5) is 0. The van der Waals surface area contributed by atoms with Crippen LogP contribution in [0.15, 0.2) is 78.9 Å². The maximum absolute atomic E-state index is 2.54. The summed E-state index contributed by atoms with van der Waals surface area (Å²) in [6.07, 6.45) is 2.33. The van der Waals surface area contributed by atoms with Gasteiger partial charge in [-0.15, -0.1) is 0 Å². The van der Waals surface area contributed by atoms with Crippen LogP contribution in [0.1, 0.15) is 44.2 Å². The third-order valence-corrected chi connectivity index (χ3v) is 5.45. The predicted molar refractivity (Wildman–Crippen MR) is 108 cm³/mol. The molecule has 0 fully saturated rings. The second-order valence-electron chi connectivity index (χ2n) is 7.00. The van der Waals surface area contributed by atoms with Crippen molar-refractivity contribution in [2.45, 2.75) is 38.6 Å². The first-order chi connectivity index (χ1) is 12.3. The topological polar surface area (TPSA) is 4.93 Å². The molecule has 126 valence electrons. The first-order valence-electron chi connectivity index (χ1n) is 9.32. The molecule has 0 aliphatic heterocycles. The molecule has 1 heterocycles. The second kappa shape index (κ2) is 6.76. The van der Waals surface area contributed by atoms with E-state index in [1.54, 1.807) is 0 Å². The molecule has 4 aromatic rings. The molecule has 0 saturated carbocycles. The summed E-state index contributed by atoms with van der Waals surface area (Å²) in [6, 6.07) is 29.0. The molecule has 0 amide bonds. The lowest BCUT2D eigenvalue weighted by atomic mass is 9.90. The molecule has 2 unspecified atom stereocenters. The van der Waals surface area contributed by atoms with Gasteiger partial charge in [-0.05, 0) is 43.4 Å². The van der Waals surface area contributed by atoms with Crippen molar-refractivity contribution in [3.05, 3.63) is 84.4 Å². The molecule has 3 aromatic carbocycles. The normalized spacial score (nSPS) is 14.0. The molecule has 0 saturated heterocycles. The average Bonchev–Trinajstić information content (AvgIpc) is 3.01. The maximum atomic E-state index is 2.54. The zero-order valence-electron chi connectivity index (χ0n) is 15.0. The minimum absolute atomic E-state index is 0.454. The SMILES string of the molecule is CCC(CC(C)n1c2ccccc2c2ccccc21)c1ccccc1. The molecule has 4 rings (SSSR count). The fourth-order valence-corrected chi connectivity index (χ4v) is 4.21. The Hall–Kier alpha value is -2.54. The van der Waals surface area contributed by atoms with Crippen LogP contribution in [0.25, 0.3) is 21.8 Å². The van der Waals surface area contributed by atoms with Crippen molar-refractivity contribution >= 4 is 21.8 Å². The van der Waals surface area contributed by atoms with Crippen LogP contribution >= 0.6 is 0 Å². The highest BCUT2D eigenvalue weighted by Gasteiger charge is 2.18. The largest absolute Gasteiger partial charge is 0.338 e. The van der Waals surface area contributed by atoms with Gasteiger partial charge >= 0.3 is 0 Å². The van der Waals surface area contributed by atoms with Crippen LogP contribution in [0.5, 0.6) is 0 Å². The molecule has 2 atom stereocenters. The van der Waals surface area contributed by atoms with E-state index in [0.717, 1.165) is 6.42 Å². The fourth-order valence-electron chi connectivity index (χ4n) is 4.21. The monoisotopic (exact) mass is 327 g/mol. The zero-order chi connectivity index (χ0) is 17.2. The molecule has 1 nitrogen and oxygen atoms in total. The van der Waals surface area contributed by atoms with Crippen molar-refractivity contribution in [1.29, 1.82) is 0 Å². The highest BCUT2D eigenvalue weighted by Crippen LogP contribution is 2.36. The molecular weight excluding hydrogens is 302 g/mol. The predicted octanol–water partition coefficient (Wildman–Crippen LogP) is 6.94. The van der Waals surface area contributed by atoms with Crippen LogP contribution in [0, 0.1) is 0 Å². The molecule has 1 aromatic heterocycles.